The predicted octanol–water partition coefficient (Wildman–Crippen LogP) is 3.60. The van der Waals surface area contributed by atoms with Crippen LogP contribution in [0.1, 0.15) is 30.7 Å². The molecule has 3 aromatic heterocycles. The van der Waals surface area contributed by atoms with Gasteiger partial charge < -0.3 is 4.90 Å². The summed E-state index contributed by atoms with van der Waals surface area (Å²) in [5.41, 5.74) is 0. The van der Waals surface area contributed by atoms with E-state index in [4.69, 9.17) is 17.3 Å². The van der Waals surface area contributed by atoms with Crippen LogP contribution in [0, 0.1) is 4.77 Å². The molecule has 1 unspecified atom stereocenters. The number of hydrogen-bond donors (Lipinski definition) is 1. The lowest BCUT2D eigenvalue weighted by atomic mass is 10.2. The minimum atomic E-state index is 0.587. The molecule has 0 saturated carbocycles. The van der Waals surface area contributed by atoms with Crippen molar-refractivity contribution < 1.29 is 4.90 Å². The highest BCUT2D eigenvalue weighted by Crippen LogP contribution is 2.25. The van der Waals surface area contributed by atoms with Gasteiger partial charge in [0.2, 0.25) is 4.77 Å². The van der Waals surface area contributed by atoms with E-state index in [1.807, 2.05) is 16.0 Å². The van der Waals surface area contributed by atoms with E-state index in [0.29, 0.717) is 6.04 Å². The lowest BCUT2D eigenvalue weighted by molar-refractivity contribution is -0.941. The fraction of sp³-hybridized carbons (Fsp3) is 0.412. The molecule has 0 aromatic carbocycles. The maximum absolute atomic E-state index is 5.72. The molecule has 2 atom stereocenters. The molecule has 0 spiro atoms. The third-order valence-corrected chi connectivity index (χ3v) is 6.99. The van der Waals surface area contributed by atoms with Crippen LogP contribution in [0.15, 0.2) is 35.0 Å². The summed E-state index contributed by atoms with van der Waals surface area (Å²) in [5.74, 6) is 1.00. The van der Waals surface area contributed by atoms with E-state index in [9.17, 15) is 0 Å². The zero-order valence-electron chi connectivity index (χ0n) is 13.6. The number of hydrogen-bond acceptors (Lipinski definition) is 4. The molecule has 0 radical (unpaired) electrons. The van der Waals surface area contributed by atoms with Crippen LogP contribution >= 0.6 is 34.9 Å². The van der Waals surface area contributed by atoms with Gasteiger partial charge in [-0.2, -0.15) is 4.68 Å². The lowest BCUT2D eigenvalue weighted by Crippen LogP contribution is -3.09. The average molecular weight is 378 g/mol. The van der Waals surface area contributed by atoms with Gasteiger partial charge in [0.05, 0.1) is 16.3 Å². The van der Waals surface area contributed by atoms with E-state index in [-0.39, 0.29) is 0 Å². The normalized spacial score (nSPS) is 20.7. The second kappa shape index (κ2) is 6.92. The highest BCUT2D eigenvalue weighted by Gasteiger charge is 2.31. The van der Waals surface area contributed by atoms with Gasteiger partial charge in [0.15, 0.2) is 12.5 Å². The van der Waals surface area contributed by atoms with Gasteiger partial charge in [0, 0.05) is 19.4 Å². The molecule has 4 nitrogen and oxygen atoms in total. The number of nitrogens with one attached hydrogen (secondary N) is 1. The number of thiophene rings is 2. The molecule has 3 aromatic rings. The van der Waals surface area contributed by atoms with Gasteiger partial charge >= 0.3 is 0 Å². The molecule has 126 valence electrons. The van der Waals surface area contributed by atoms with E-state index < -0.39 is 0 Å². The molecule has 1 fully saturated rings. The Bertz CT molecular complexity index is 845. The van der Waals surface area contributed by atoms with E-state index in [2.05, 4.69) is 46.5 Å². The average Bonchev–Trinajstić information content (AvgIpc) is 3.36. The molecule has 1 N–H and O–H groups in total. The van der Waals surface area contributed by atoms with Crippen LogP contribution in [-0.4, -0.2) is 20.9 Å². The maximum atomic E-state index is 5.72. The van der Waals surface area contributed by atoms with Gasteiger partial charge in [0.1, 0.15) is 6.04 Å². The molecule has 1 saturated heterocycles. The van der Waals surface area contributed by atoms with Crippen LogP contribution in [0.25, 0.3) is 10.7 Å². The van der Waals surface area contributed by atoms with E-state index in [1.165, 1.54) is 29.1 Å². The van der Waals surface area contributed by atoms with Gasteiger partial charge in [-0.25, -0.2) is 0 Å². The van der Waals surface area contributed by atoms with Crippen molar-refractivity contribution in [2.75, 3.05) is 6.54 Å². The second-order valence-electron chi connectivity index (χ2n) is 6.10. The SMILES string of the molecule is CCn1c(-c2cccs2)nn(C[NH+]2CCC[C@@H]2c2cccs2)c1=S. The van der Waals surface area contributed by atoms with E-state index in [0.717, 1.165) is 23.8 Å². The maximum Gasteiger partial charge on any atom is 0.203 e. The van der Waals surface area contributed by atoms with Crippen molar-refractivity contribution in [3.8, 4) is 10.7 Å². The third-order valence-electron chi connectivity index (χ3n) is 4.70. The first-order valence-electron chi connectivity index (χ1n) is 8.37. The summed E-state index contributed by atoms with van der Waals surface area (Å²) < 4.78 is 5.02. The standard InChI is InChI=1S/C17H20N4S3/c1-2-20-16(15-8-5-11-24-15)18-21(17(20)22)12-19-9-3-6-13(19)14-7-4-10-23-14/h4-5,7-8,10-11,13H,2-3,6,9,12H2,1H3/p+1/t13-/m1/s1. The summed E-state index contributed by atoms with van der Waals surface area (Å²) >= 11 is 9.31. The topological polar surface area (TPSA) is 27.2 Å². The van der Waals surface area contributed by atoms with Crippen LogP contribution in [-0.2, 0) is 13.2 Å². The minimum Gasteiger partial charge on any atom is -0.309 e. The van der Waals surface area contributed by atoms with Gasteiger partial charge in [-0.05, 0) is 42.0 Å². The lowest BCUT2D eigenvalue weighted by Gasteiger charge is -2.20. The molecular weight excluding hydrogens is 356 g/mol. The van der Waals surface area contributed by atoms with Crippen molar-refractivity contribution in [3.05, 3.63) is 44.7 Å². The first kappa shape index (κ1) is 16.2. The molecule has 24 heavy (non-hydrogen) atoms. The quantitative estimate of drug-likeness (QED) is 0.688. The molecule has 1 aliphatic heterocycles. The Labute approximate surface area is 155 Å². The summed E-state index contributed by atoms with van der Waals surface area (Å²) in [4.78, 5) is 4.25. The molecular formula is C17H21N4S3+. The summed E-state index contributed by atoms with van der Waals surface area (Å²) in [5, 5.41) is 9.14. The largest absolute Gasteiger partial charge is 0.309 e. The van der Waals surface area contributed by atoms with Crippen LogP contribution < -0.4 is 4.90 Å². The minimum absolute atomic E-state index is 0.587. The van der Waals surface area contributed by atoms with Crippen LogP contribution in [0.4, 0.5) is 0 Å². The van der Waals surface area contributed by atoms with Gasteiger partial charge in [-0.1, -0.05) is 12.1 Å². The zero-order valence-corrected chi connectivity index (χ0v) is 16.1. The highest BCUT2D eigenvalue weighted by atomic mass is 32.1. The molecule has 4 heterocycles. The molecule has 7 heteroatoms. The Balaban J connectivity index is 1.64. The van der Waals surface area contributed by atoms with Crippen molar-refractivity contribution in [1.82, 2.24) is 14.3 Å². The van der Waals surface area contributed by atoms with Crippen molar-refractivity contribution in [2.45, 2.75) is 39.0 Å². The van der Waals surface area contributed by atoms with Crippen LogP contribution in [0.3, 0.4) is 0 Å². The Hall–Kier alpha value is -1.28. The molecule has 4 rings (SSSR count). The van der Waals surface area contributed by atoms with E-state index >= 15 is 0 Å². The van der Waals surface area contributed by atoms with Gasteiger partial charge in [-0.15, -0.1) is 27.8 Å². The van der Waals surface area contributed by atoms with Crippen molar-refractivity contribution >= 4 is 34.9 Å². The van der Waals surface area contributed by atoms with Gasteiger partial charge in [0.25, 0.3) is 0 Å². The highest BCUT2D eigenvalue weighted by molar-refractivity contribution is 7.71. The first-order chi connectivity index (χ1) is 11.8. The Kier molecular flexibility index (Phi) is 4.67. The number of likely N-dealkylation sites (tertiary alicyclic amines) is 1. The second-order valence-corrected chi connectivity index (χ2v) is 8.40. The van der Waals surface area contributed by atoms with Crippen molar-refractivity contribution in [3.63, 3.8) is 0 Å². The summed E-state index contributed by atoms with van der Waals surface area (Å²) in [6.07, 6.45) is 2.53. The molecule has 1 aliphatic rings. The fourth-order valence-corrected chi connectivity index (χ4v) is 5.50. The Morgan fingerprint density at radius 1 is 1.29 bits per heavy atom. The predicted molar refractivity (Wildman–Crippen MR) is 102 cm³/mol. The Morgan fingerprint density at radius 2 is 2.12 bits per heavy atom. The Morgan fingerprint density at radius 3 is 2.83 bits per heavy atom. The smallest absolute Gasteiger partial charge is 0.203 e. The van der Waals surface area contributed by atoms with Crippen LogP contribution in [0.2, 0.25) is 0 Å². The summed E-state index contributed by atoms with van der Waals surface area (Å²) in [6, 6.07) is 9.20. The monoisotopic (exact) mass is 377 g/mol. The van der Waals surface area contributed by atoms with Crippen molar-refractivity contribution in [1.29, 1.82) is 0 Å². The fourth-order valence-electron chi connectivity index (χ4n) is 3.54. The number of nitrogens with zero attached hydrogens (tertiary/aromatic N) is 3. The first-order valence-corrected chi connectivity index (χ1v) is 10.5. The number of rotatable bonds is 5. The number of quaternary nitrogens is 1. The van der Waals surface area contributed by atoms with Crippen LogP contribution in [0.5, 0.6) is 0 Å². The molecule has 0 amide bonds. The summed E-state index contributed by atoms with van der Waals surface area (Å²) in [6.45, 7) is 5.04. The van der Waals surface area contributed by atoms with Crippen molar-refractivity contribution in [2.24, 2.45) is 0 Å². The van der Waals surface area contributed by atoms with Gasteiger partial charge in [-0.3, -0.25) is 4.57 Å². The third kappa shape index (κ3) is 2.90. The zero-order chi connectivity index (χ0) is 16.5. The molecule has 0 bridgehead atoms. The molecule has 0 aliphatic carbocycles. The summed E-state index contributed by atoms with van der Waals surface area (Å²) in [7, 11) is 0. The number of aromatic nitrogens is 3. The van der Waals surface area contributed by atoms with E-state index in [1.54, 1.807) is 16.2 Å².